The van der Waals surface area contributed by atoms with Crippen molar-refractivity contribution in [3.63, 3.8) is 0 Å². The third-order valence-electron chi connectivity index (χ3n) is 4.47. The smallest absolute Gasteiger partial charge is 0.186 e. The summed E-state index contributed by atoms with van der Waals surface area (Å²) in [6.07, 6.45) is 3.70. The van der Waals surface area contributed by atoms with Crippen LogP contribution in [-0.2, 0) is 6.42 Å². The van der Waals surface area contributed by atoms with Crippen molar-refractivity contribution in [3.05, 3.63) is 10.6 Å². The summed E-state index contributed by atoms with van der Waals surface area (Å²) < 4.78 is 0. The SMILES string of the molecule is CCNC1CCCc2nc(N3CCN(C)CC3C)sc21. The lowest BCUT2D eigenvalue weighted by molar-refractivity contribution is 0.275. The second-order valence-electron chi connectivity index (χ2n) is 6.11. The summed E-state index contributed by atoms with van der Waals surface area (Å²) in [6.45, 7) is 8.95. The van der Waals surface area contributed by atoms with Gasteiger partial charge in [0.15, 0.2) is 5.13 Å². The van der Waals surface area contributed by atoms with Gasteiger partial charge in [-0.25, -0.2) is 4.98 Å². The Morgan fingerprint density at radius 1 is 1.40 bits per heavy atom. The number of hydrogen-bond acceptors (Lipinski definition) is 5. The molecule has 0 amide bonds. The number of piperazine rings is 1. The van der Waals surface area contributed by atoms with E-state index in [1.54, 1.807) is 0 Å². The molecule has 1 aliphatic heterocycles. The highest BCUT2D eigenvalue weighted by molar-refractivity contribution is 7.15. The second-order valence-corrected chi connectivity index (χ2v) is 7.12. The molecule has 1 aliphatic carbocycles. The van der Waals surface area contributed by atoms with Gasteiger partial charge in [-0.2, -0.15) is 0 Å². The number of fused-ring (bicyclic) bond motifs is 1. The van der Waals surface area contributed by atoms with Gasteiger partial charge in [-0.05, 0) is 39.8 Å². The maximum absolute atomic E-state index is 4.97. The summed E-state index contributed by atoms with van der Waals surface area (Å²) in [5.74, 6) is 0. The van der Waals surface area contributed by atoms with Gasteiger partial charge in [-0.1, -0.05) is 18.3 Å². The highest BCUT2D eigenvalue weighted by atomic mass is 32.1. The van der Waals surface area contributed by atoms with Crippen molar-refractivity contribution in [1.82, 2.24) is 15.2 Å². The molecule has 112 valence electrons. The molecule has 3 rings (SSSR count). The van der Waals surface area contributed by atoms with Gasteiger partial charge in [0.05, 0.1) is 5.69 Å². The first-order valence-electron chi connectivity index (χ1n) is 7.87. The Morgan fingerprint density at radius 3 is 3.00 bits per heavy atom. The van der Waals surface area contributed by atoms with Crippen LogP contribution in [0.3, 0.4) is 0 Å². The highest BCUT2D eigenvalue weighted by Gasteiger charge is 2.29. The van der Waals surface area contributed by atoms with Crippen LogP contribution in [0.5, 0.6) is 0 Å². The van der Waals surface area contributed by atoms with Crippen LogP contribution in [0.4, 0.5) is 5.13 Å². The van der Waals surface area contributed by atoms with Crippen molar-refractivity contribution in [2.75, 3.05) is 38.1 Å². The molecule has 0 saturated carbocycles. The van der Waals surface area contributed by atoms with Gasteiger partial charge in [-0.15, -0.1) is 0 Å². The van der Waals surface area contributed by atoms with E-state index >= 15 is 0 Å². The predicted molar refractivity (Wildman–Crippen MR) is 85.8 cm³/mol. The fourth-order valence-corrected chi connectivity index (χ4v) is 4.74. The van der Waals surface area contributed by atoms with E-state index < -0.39 is 0 Å². The van der Waals surface area contributed by atoms with E-state index in [-0.39, 0.29) is 0 Å². The molecule has 2 unspecified atom stereocenters. The zero-order valence-electron chi connectivity index (χ0n) is 12.9. The van der Waals surface area contributed by atoms with Crippen molar-refractivity contribution in [1.29, 1.82) is 0 Å². The van der Waals surface area contributed by atoms with E-state index in [1.165, 1.54) is 28.5 Å². The van der Waals surface area contributed by atoms with E-state index in [2.05, 4.69) is 36.0 Å². The lowest BCUT2D eigenvalue weighted by Crippen LogP contribution is -2.50. The zero-order chi connectivity index (χ0) is 14.1. The molecule has 0 aromatic carbocycles. The molecular formula is C15H26N4S. The largest absolute Gasteiger partial charge is 0.343 e. The highest BCUT2D eigenvalue weighted by Crippen LogP contribution is 2.38. The second kappa shape index (κ2) is 6.00. The van der Waals surface area contributed by atoms with Crippen molar-refractivity contribution < 1.29 is 0 Å². The van der Waals surface area contributed by atoms with E-state index in [0.717, 1.165) is 32.6 Å². The molecule has 0 spiro atoms. The average molecular weight is 294 g/mol. The Bertz CT molecular complexity index is 459. The maximum Gasteiger partial charge on any atom is 0.186 e. The number of aryl methyl sites for hydroxylation is 1. The molecule has 1 N–H and O–H groups in total. The van der Waals surface area contributed by atoms with Gasteiger partial charge in [0, 0.05) is 36.6 Å². The first-order valence-corrected chi connectivity index (χ1v) is 8.69. The standard InChI is InChI=1S/C15H26N4S/c1-4-16-12-6-5-7-13-14(12)20-15(17-13)19-9-8-18(3)10-11(19)2/h11-12,16H,4-10H2,1-3H3. The Hall–Kier alpha value is -0.650. The lowest BCUT2D eigenvalue weighted by Gasteiger charge is -2.38. The molecule has 0 bridgehead atoms. The summed E-state index contributed by atoms with van der Waals surface area (Å²) in [6, 6.07) is 1.11. The fourth-order valence-electron chi connectivity index (χ4n) is 3.39. The molecule has 1 fully saturated rings. The van der Waals surface area contributed by atoms with E-state index in [1.807, 2.05) is 11.3 Å². The molecule has 20 heavy (non-hydrogen) atoms. The van der Waals surface area contributed by atoms with Gasteiger partial charge < -0.3 is 15.1 Å². The van der Waals surface area contributed by atoms with Crippen LogP contribution < -0.4 is 10.2 Å². The molecule has 4 nitrogen and oxygen atoms in total. The number of likely N-dealkylation sites (N-methyl/N-ethyl adjacent to an activating group) is 1. The van der Waals surface area contributed by atoms with Crippen molar-refractivity contribution in [2.45, 2.75) is 45.2 Å². The Balaban J connectivity index is 1.81. The van der Waals surface area contributed by atoms with Crippen LogP contribution in [0.1, 0.15) is 43.3 Å². The van der Waals surface area contributed by atoms with Crippen LogP contribution in [0.25, 0.3) is 0 Å². The zero-order valence-corrected chi connectivity index (χ0v) is 13.7. The third kappa shape index (κ3) is 2.71. The molecule has 2 aliphatic rings. The summed E-state index contributed by atoms with van der Waals surface area (Å²) in [5.41, 5.74) is 1.35. The lowest BCUT2D eigenvalue weighted by atomic mass is 9.98. The molecule has 2 atom stereocenters. The van der Waals surface area contributed by atoms with Crippen molar-refractivity contribution in [2.24, 2.45) is 0 Å². The van der Waals surface area contributed by atoms with Crippen LogP contribution in [-0.4, -0.2) is 49.2 Å². The normalized spacial score (nSPS) is 27.6. The number of nitrogens with zero attached hydrogens (tertiary/aromatic N) is 3. The van der Waals surface area contributed by atoms with Crippen LogP contribution >= 0.6 is 11.3 Å². The minimum absolute atomic E-state index is 0.540. The predicted octanol–water partition coefficient (Wildman–Crippen LogP) is 2.27. The first kappa shape index (κ1) is 14.3. The van der Waals surface area contributed by atoms with Crippen LogP contribution in [0.15, 0.2) is 0 Å². The number of thiazole rings is 1. The number of rotatable bonds is 3. The van der Waals surface area contributed by atoms with Gasteiger partial charge in [0.25, 0.3) is 0 Å². The average Bonchev–Trinajstić information content (AvgIpc) is 2.83. The van der Waals surface area contributed by atoms with Crippen molar-refractivity contribution >= 4 is 16.5 Å². The molecule has 1 saturated heterocycles. The first-order chi connectivity index (χ1) is 9.69. The Morgan fingerprint density at radius 2 is 2.25 bits per heavy atom. The Labute approximate surface area is 126 Å². The molecule has 0 radical (unpaired) electrons. The molecular weight excluding hydrogens is 268 g/mol. The van der Waals surface area contributed by atoms with E-state index in [4.69, 9.17) is 4.98 Å². The minimum Gasteiger partial charge on any atom is -0.343 e. The summed E-state index contributed by atoms with van der Waals surface area (Å²) in [5, 5.41) is 4.87. The van der Waals surface area contributed by atoms with Crippen LogP contribution in [0, 0.1) is 0 Å². The van der Waals surface area contributed by atoms with Gasteiger partial charge in [-0.3, -0.25) is 0 Å². The fraction of sp³-hybridized carbons (Fsp3) is 0.800. The van der Waals surface area contributed by atoms with Gasteiger partial charge >= 0.3 is 0 Å². The van der Waals surface area contributed by atoms with E-state index in [0.29, 0.717) is 12.1 Å². The number of nitrogens with one attached hydrogen (secondary N) is 1. The minimum atomic E-state index is 0.540. The maximum atomic E-state index is 4.97. The molecule has 2 heterocycles. The van der Waals surface area contributed by atoms with Gasteiger partial charge in [0.1, 0.15) is 0 Å². The van der Waals surface area contributed by atoms with Crippen LogP contribution in [0.2, 0.25) is 0 Å². The summed E-state index contributed by atoms with van der Waals surface area (Å²) >= 11 is 1.93. The summed E-state index contributed by atoms with van der Waals surface area (Å²) in [4.78, 5) is 11.4. The number of anilines is 1. The van der Waals surface area contributed by atoms with Crippen molar-refractivity contribution in [3.8, 4) is 0 Å². The molecule has 1 aromatic rings. The number of aromatic nitrogens is 1. The van der Waals surface area contributed by atoms with Gasteiger partial charge in [0.2, 0.25) is 0 Å². The monoisotopic (exact) mass is 294 g/mol. The topological polar surface area (TPSA) is 31.4 Å². The Kier molecular flexibility index (Phi) is 4.29. The molecule has 1 aromatic heterocycles. The third-order valence-corrected chi connectivity index (χ3v) is 5.71. The van der Waals surface area contributed by atoms with E-state index in [9.17, 15) is 0 Å². The molecule has 5 heteroatoms. The number of hydrogen-bond donors (Lipinski definition) is 1. The summed E-state index contributed by atoms with van der Waals surface area (Å²) in [7, 11) is 2.21. The quantitative estimate of drug-likeness (QED) is 0.927.